The molecule has 296 valence electrons. The lowest BCUT2D eigenvalue weighted by Crippen LogP contribution is -2.40. The summed E-state index contributed by atoms with van der Waals surface area (Å²) in [6, 6.07) is 40.0. The molecule has 9 aromatic rings. The molecule has 2 aliphatic heterocycles. The van der Waals surface area contributed by atoms with Crippen LogP contribution < -0.4 is 15.3 Å². The van der Waals surface area contributed by atoms with Crippen molar-refractivity contribution in [1.82, 2.24) is 0 Å². The monoisotopic (exact) mass is 837 g/mol. The van der Waals surface area contributed by atoms with E-state index < -0.39 is 21.8 Å². The Labute approximate surface area is 351 Å². The van der Waals surface area contributed by atoms with Gasteiger partial charge in [-0.3, -0.25) is 14.4 Å². The fraction of sp³-hybridized carbons (Fsp3) is 0.0612. The summed E-state index contributed by atoms with van der Waals surface area (Å²) in [4.78, 5) is 12.3. The largest absolute Gasteiger partial charge is 0.446 e. The third-order valence-corrected chi connectivity index (χ3v) is 12.7. The van der Waals surface area contributed by atoms with Gasteiger partial charge in [0.25, 0.3) is 0 Å². The minimum absolute atomic E-state index is 0.00146. The Morgan fingerprint density at radius 3 is 2.13 bits per heavy atom. The zero-order chi connectivity index (χ0) is 41.9. The molecule has 10 nitrogen and oxygen atoms in total. The third-order valence-electron chi connectivity index (χ3n) is 11.8. The fourth-order valence-corrected chi connectivity index (χ4v) is 10.3. The maximum Gasteiger partial charge on any atom is 0.446 e. The van der Waals surface area contributed by atoms with E-state index in [0.717, 1.165) is 93.0 Å². The minimum Gasteiger partial charge on any atom is -0.366 e. The zero-order valence-electron chi connectivity index (χ0n) is 32.7. The van der Waals surface area contributed by atoms with Crippen LogP contribution in [0.15, 0.2) is 131 Å². The first-order valence-corrected chi connectivity index (χ1v) is 21.6. The highest BCUT2D eigenvalue weighted by molar-refractivity contribution is 7.81. The van der Waals surface area contributed by atoms with E-state index in [1.165, 1.54) is 6.92 Å². The van der Waals surface area contributed by atoms with Crippen LogP contribution in [0.2, 0.25) is 0 Å². The number of fused-ring (bicyclic) bond motifs is 6. The standard InChI is InChI=1S/C49H31N3O7S2/c1-5-57-60(53)58-49-38-25-23-36-33-20-18-31(27(3)50-39-15-7-12-29-11-6-10-26(2)42(29)39)44-32(28(4)59-61(54,55)56)19-21-34(45(33)44)35-22-24-37(47(38)46(35)36)48-51-40-16-8-13-30-14-9-17-41(43(30)40)52(48)49/h1,6-25H,2-4H3,(H,54,55,56)/b32-28+,50-27?. The summed E-state index contributed by atoms with van der Waals surface area (Å²) < 4.78 is 63.6. The summed E-state index contributed by atoms with van der Waals surface area (Å²) in [7, 11) is -4.85. The van der Waals surface area contributed by atoms with Gasteiger partial charge >= 0.3 is 21.8 Å². The van der Waals surface area contributed by atoms with E-state index in [1.807, 2.05) is 109 Å². The van der Waals surface area contributed by atoms with E-state index in [4.69, 9.17) is 29.0 Å². The number of terminal acetylenes is 1. The number of hydrogen-bond donors (Lipinski definition) is 1. The number of amidine groups is 1. The number of anilines is 1. The van der Waals surface area contributed by atoms with E-state index in [-0.39, 0.29) is 11.6 Å². The van der Waals surface area contributed by atoms with Crippen molar-refractivity contribution in [2.75, 3.05) is 4.90 Å². The second kappa shape index (κ2) is 13.4. The maximum absolute atomic E-state index is 13.2. The minimum atomic E-state index is -4.85. The Bertz CT molecular complexity index is 3820. The van der Waals surface area contributed by atoms with Gasteiger partial charge in [-0.1, -0.05) is 97.4 Å². The molecule has 0 amide bonds. The molecular weight excluding hydrogens is 807 g/mol. The first kappa shape index (κ1) is 36.8. The van der Waals surface area contributed by atoms with Gasteiger partial charge in [0.05, 0.1) is 17.1 Å². The predicted molar refractivity (Wildman–Crippen MR) is 244 cm³/mol. The first-order valence-electron chi connectivity index (χ1n) is 19.3. The Morgan fingerprint density at radius 1 is 0.754 bits per heavy atom. The Kier molecular flexibility index (Phi) is 8.05. The molecule has 11 rings (SSSR count). The van der Waals surface area contributed by atoms with Crippen molar-refractivity contribution in [1.29, 1.82) is 0 Å². The number of nitrogens with zero attached hydrogens (tertiary/aromatic N) is 3. The van der Waals surface area contributed by atoms with E-state index >= 15 is 0 Å². The molecular formula is C49H31N3O7S2. The molecule has 0 saturated carbocycles. The average Bonchev–Trinajstić information content (AvgIpc) is 3.24. The van der Waals surface area contributed by atoms with E-state index in [2.05, 4.69) is 37.3 Å². The van der Waals surface area contributed by atoms with Crippen molar-refractivity contribution in [2.24, 2.45) is 9.98 Å². The van der Waals surface area contributed by atoms with Gasteiger partial charge in [0, 0.05) is 48.8 Å². The van der Waals surface area contributed by atoms with Crippen LogP contribution >= 0.6 is 0 Å². The molecule has 0 aliphatic carbocycles. The fourth-order valence-electron chi connectivity index (χ4n) is 9.46. The summed E-state index contributed by atoms with van der Waals surface area (Å²) in [5.41, 5.74) is 5.77. The van der Waals surface area contributed by atoms with Gasteiger partial charge in [-0.05, 0) is 99.8 Å². The van der Waals surface area contributed by atoms with Crippen LogP contribution in [-0.4, -0.2) is 28.7 Å². The molecule has 0 saturated heterocycles. The number of aliphatic imine (C=N–C) groups is 2. The van der Waals surface area contributed by atoms with Gasteiger partial charge in [-0.15, -0.1) is 0 Å². The molecule has 9 aromatic carbocycles. The van der Waals surface area contributed by atoms with Crippen molar-refractivity contribution in [3.8, 4) is 12.5 Å². The quantitative estimate of drug-likeness (QED) is 0.0553. The highest BCUT2D eigenvalue weighted by Gasteiger charge is 2.35. The summed E-state index contributed by atoms with van der Waals surface area (Å²) >= 11 is -2.35. The van der Waals surface area contributed by atoms with Gasteiger partial charge < -0.3 is 12.5 Å². The van der Waals surface area contributed by atoms with Crippen LogP contribution in [0, 0.1) is 19.5 Å². The van der Waals surface area contributed by atoms with Crippen LogP contribution in [0.1, 0.15) is 30.5 Å². The molecule has 0 spiro atoms. The van der Waals surface area contributed by atoms with Crippen LogP contribution in [0.5, 0.6) is 0 Å². The molecule has 12 heteroatoms. The normalized spacial score (nSPS) is 14.7. The number of rotatable bonds is 7. The molecule has 0 radical (unpaired) electrons. The Morgan fingerprint density at radius 2 is 1.39 bits per heavy atom. The molecule has 1 atom stereocenters. The lowest BCUT2D eigenvalue weighted by molar-refractivity contribution is 0.366. The third kappa shape index (κ3) is 5.52. The van der Waals surface area contributed by atoms with Crippen molar-refractivity contribution in [2.45, 2.75) is 20.8 Å². The highest BCUT2D eigenvalue weighted by atomic mass is 32.3. The molecule has 0 fully saturated rings. The molecule has 0 bridgehead atoms. The highest BCUT2D eigenvalue weighted by Crippen LogP contribution is 2.46. The van der Waals surface area contributed by atoms with Crippen molar-refractivity contribution >= 4 is 127 Å². The number of benzene rings is 9. The van der Waals surface area contributed by atoms with Crippen LogP contribution in [0.4, 0.5) is 17.1 Å². The van der Waals surface area contributed by atoms with Crippen molar-refractivity contribution in [3.05, 3.63) is 148 Å². The van der Waals surface area contributed by atoms with Crippen molar-refractivity contribution < 1.29 is 29.7 Å². The van der Waals surface area contributed by atoms with Crippen LogP contribution in [0.25, 0.3) is 76.3 Å². The topological polar surface area (TPSA) is 127 Å². The summed E-state index contributed by atoms with van der Waals surface area (Å²) in [5, 5.41) is 12.0. The van der Waals surface area contributed by atoms with Crippen molar-refractivity contribution in [3.63, 3.8) is 0 Å². The maximum atomic E-state index is 13.2. The van der Waals surface area contributed by atoms with E-state index in [9.17, 15) is 17.2 Å². The molecule has 2 aliphatic rings. The van der Waals surface area contributed by atoms with Crippen LogP contribution in [-0.2, 0) is 34.3 Å². The first-order chi connectivity index (χ1) is 29.5. The Balaban J connectivity index is 1.26. The Hall–Kier alpha value is -7.30. The molecule has 2 heterocycles. The molecule has 61 heavy (non-hydrogen) atoms. The lowest BCUT2D eigenvalue weighted by atomic mass is 9.84. The second-order valence-corrected chi connectivity index (χ2v) is 16.8. The van der Waals surface area contributed by atoms with Gasteiger partial charge in [0.2, 0.25) is 5.88 Å². The summed E-state index contributed by atoms with van der Waals surface area (Å²) in [5.74, 6) is 0.830. The van der Waals surface area contributed by atoms with Gasteiger partial charge in [-0.2, -0.15) is 12.6 Å². The van der Waals surface area contributed by atoms with Crippen LogP contribution in [0.3, 0.4) is 0 Å². The SMILES string of the molecule is C#COS(=O)OC1=c2ccc3c4ccc(C(C)=Nc5cccc6cccc(C)c56)c5/c(=C(\C)OS(=O)(=O)O)ccc(c6ccc(c2c36)C2=Nc3cccc6cccc(c36)N21)c54. The predicted octanol–water partition coefficient (Wildman–Crippen LogP) is 9.62. The lowest BCUT2D eigenvalue weighted by Gasteiger charge is -2.35. The van der Waals surface area contributed by atoms with Gasteiger partial charge in [0.15, 0.2) is 0 Å². The van der Waals surface area contributed by atoms with E-state index in [0.29, 0.717) is 27.4 Å². The average molecular weight is 838 g/mol. The molecule has 1 N–H and O–H groups in total. The molecule has 0 aromatic heterocycles. The molecule has 1 unspecified atom stereocenters. The second-order valence-electron chi connectivity index (χ2n) is 15.1. The number of aryl methyl sites for hydroxylation is 1. The van der Waals surface area contributed by atoms with E-state index in [1.54, 1.807) is 0 Å². The summed E-state index contributed by atoms with van der Waals surface area (Å²) in [6.07, 6.45) is 7.37. The van der Waals surface area contributed by atoms with Gasteiger partial charge in [0.1, 0.15) is 17.7 Å². The number of hydrogen-bond acceptors (Lipinski definition) is 9. The zero-order valence-corrected chi connectivity index (χ0v) is 34.3. The summed E-state index contributed by atoms with van der Waals surface area (Å²) in [6.45, 7) is 5.52. The van der Waals surface area contributed by atoms with Gasteiger partial charge in [-0.25, -0.2) is 4.99 Å². The smallest absolute Gasteiger partial charge is 0.366 e.